The summed E-state index contributed by atoms with van der Waals surface area (Å²) < 4.78 is 5.57. The largest absolute Gasteiger partial charge is 0.438 e. The molecule has 0 unspecified atom stereocenters. The standard InChI is InChI=1S/C20H19NO3/c1-14(2)13-17(22)21-18(15-9-5-3-6-10-15)19(24-20(21)23)16-11-7-4-8-12-16/h3-13,18-19H,1-2H3/t18-,19+/m0/s1. The van der Waals surface area contributed by atoms with Gasteiger partial charge in [-0.25, -0.2) is 9.69 Å². The van der Waals surface area contributed by atoms with Gasteiger partial charge >= 0.3 is 6.09 Å². The van der Waals surface area contributed by atoms with Crippen LogP contribution in [0.5, 0.6) is 0 Å². The van der Waals surface area contributed by atoms with Crippen LogP contribution in [-0.2, 0) is 9.53 Å². The second-order valence-electron chi connectivity index (χ2n) is 6.00. The van der Waals surface area contributed by atoms with Crippen LogP contribution in [0.4, 0.5) is 4.79 Å². The summed E-state index contributed by atoms with van der Waals surface area (Å²) in [4.78, 5) is 26.2. The summed E-state index contributed by atoms with van der Waals surface area (Å²) in [5, 5.41) is 0. The highest BCUT2D eigenvalue weighted by atomic mass is 16.6. The molecule has 0 aliphatic carbocycles. The highest BCUT2D eigenvalue weighted by Gasteiger charge is 2.46. The number of allylic oxidation sites excluding steroid dienone is 1. The van der Waals surface area contributed by atoms with E-state index in [2.05, 4.69) is 0 Å². The summed E-state index contributed by atoms with van der Waals surface area (Å²) in [6.07, 6.45) is 0.334. The lowest BCUT2D eigenvalue weighted by Crippen LogP contribution is -2.33. The summed E-state index contributed by atoms with van der Waals surface area (Å²) in [7, 11) is 0. The number of carbonyl (C=O) groups is 2. The minimum Gasteiger partial charge on any atom is -0.438 e. The molecule has 1 aliphatic heterocycles. The molecule has 3 rings (SSSR count). The van der Waals surface area contributed by atoms with Crippen molar-refractivity contribution < 1.29 is 14.3 Å². The summed E-state index contributed by atoms with van der Waals surface area (Å²) in [5.41, 5.74) is 2.57. The normalized spacial score (nSPS) is 19.8. The molecule has 2 atom stereocenters. The summed E-state index contributed by atoms with van der Waals surface area (Å²) in [6, 6.07) is 18.5. The molecule has 2 amide bonds. The van der Waals surface area contributed by atoms with Crippen LogP contribution in [0.25, 0.3) is 0 Å². The van der Waals surface area contributed by atoms with Crippen molar-refractivity contribution in [3.05, 3.63) is 83.4 Å². The number of ether oxygens (including phenoxy) is 1. The lowest BCUT2D eigenvalue weighted by molar-refractivity contribution is -0.124. The van der Waals surface area contributed by atoms with Crippen molar-refractivity contribution in [2.75, 3.05) is 0 Å². The van der Waals surface area contributed by atoms with Gasteiger partial charge in [-0.1, -0.05) is 66.2 Å². The van der Waals surface area contributed by atoms with Crippen molar-refractivity contribution in [3.63, 3.8) is 0 Å². The Morgan fingerprint density at radius 3 is 2.04 bits per heavy atom. The molecule has 4 nitrogen and oxygen atoms in total. The van der Waals surface area contributed by atoms with Crippen LogP contribution in [0.3, 0.4) is 0 Å². The number of cyclic esters (lactones) is 1. The second kappa shape index (κ2) is 6.71. The molecule has 4 heteroatoms. The zero-order valence-electron chi connectivity index (χ0n) is 13.7. The van der Waals surface area contributed by atoms with Gasteiger partial charge in [0.1, 0.15) is 6.04 Å². The van der Waals surface area contributed by atoms with E-state index in [0.717, 1.165) is 16.7 Å². The maximum absolute atomic E-state index is 12.6. The van der Waals surface area contributed by atoms with Crippen LogP contribution in [0, 0.1) is 0 Å². The minimum atomic E-state index is -0.611. The van der Waals surface area contributed by atoms with E-state index >= 15 is 0 Å². The van der Waals surface area contributed by atoms with Gasteiger partial charge in [0.05, 0.1) is 0 Å². The number of imide groups is 1. The summed E-state index contributed by atoms with van der Waals surface area (Å²) in [6.45, 7) is 3.65. The fraction of sp³-hybridized carbons (Fsp3) is 0.200. The van der Waals surface area contributed by atoms with E-state index in [1.165, 1.54) is 11.0 Å². The molecule has 2 aromatic rings. The van der Waals surface area contributed by atoms with Crippen LogP contribution in [0.2, 0.25) is 0 Å². The Hall–Kier alpha value is -2.88. The number of carbonyl (C=O) groups excluding carboxylic acids is 2. The van der Waals surface area contributed by atoms with Crippen molar-refractivity contribution in [1.29, 1.82) is 0 Å². The van der Waals surface area contributed by atoms with E-state index < -0.39 is 18.2 Å². The molecule has 1 fully saturated rings. The predicted molar refractivity (Wildman–Crippen MR) is 91.1 cm³/mol. The van der Waals surface area contributed by atoms with Crippen molar-refractivity contribution >= 4 is 12.0 Å². The van der Waals surface area contributed by atoms with Gasteiger partial charge in [-0.2, -0.15) is 0 Å². The van der Waals surface area contributed by atoms with Crippen LogP contribution in [-0.4, -0.2) is 16.9 Å². The Kier molecular flexibility index (Phi) is 4.47. The van der Waals surface area contributed by atoms with Crippen molar-refractivity contribution in [1.82, 2.24) is 4.90 Å². The van der Waals surface area contributed by atoms with Gasteiger partial charge in [-0.15, -0.1) is 0 Å². The van der Waals surface area contributed by atoms with Crippen molar-refractivity contribution in [2.45, 2.75) is 26.0 Å². The van der Waals surface area contributed by atoms with Crippen LogP contribution < -0.4 is 0 Å². The Bertz CT molecular complexity index is 764. The molecule has 1 aliphatic rings. The molecule has 0 N–H and O–H groups in total. The number of amides is 2. The van der Waals surface area contributed by atoms with E-state index in [0.29, 0.717) is 0 Å². The molecule has 0 spiro atoms. The van der Waals surface area contributed by atoms with Crippen LogP contribution >= 0.6 is 0 Å². The number of nitrogens with zero attached hydrogens (tertiary/aromatic N) is 1. The first-order valence-electron chi connectivity index (χ1n) is 7.86. The van der Waals surface area contributed by atoms with E-state index in [1.807, 2.05) is 74.5 Å². The quantitative estimate of drug-likeness (QED) is 0.787. The third kappa shape index (κ3) is 3.08. The Morgan fingerprint density at radius 2 is 1.50 bits per heavy atom. The van der Waals surface area contributed by atoms with Gasteiger partial charge in [0, 0.05) is 6.08 Å². The Morgan fingerprint density at radius 1 is 0.958 bits per heavy atom. The first-order chi connectivity index (χ1) is 11.6. The smallest absolute Gasteiger partial charge is 0.418 e. The Labute approximate surface area is 141 Å². The molecule has 24 heavy (non-hydrogen) atoms. The first-order valence-corrected chi connectivity index (χ1v) is 7.86. The maximum atomic E-state index is 12.6. The average molecular weight is 321 g/mol. The van der Waals surface area contributed by atoms with E-state index in [-0.39, 0.29) is 5.91 Å². The maximum Gasteiger partial charge on any atom is 0.418 e. The highest BCUT2D eigenvalue weighted by Crippen LogP contribution is 2.43. The van der Waals surface area contributed by atoms with E-state index in [4.69, 9.17) is 4.74 Å². The molecule has 0 radical (unpaired) electrons. The zero-order valence-corrected chi connectivity index (χ0v) is 13.7. The van der Waals surface area contributed by atoms with E-state index in [1.54, 1.807) is 0 Å². The molecule has 0 saturated carbocycles. The Balaban J connectivity index is 2.06. The van der Waals surface area contributed by atoms with Crippen molar-refractivity contribution in [3.8, 4) is 0 Å². The number of rotatable bonds is 3. The molecular formula is C20H19NO3. The number of hydrogen-bond donors (Lipinski definition) is 0. The van der Waals surface area contributed by atoms with Gasteiger partial charge in [0.15, 0.2) is 6.10 Å². The van der Waals surface area contributed by atoms with Gasteiger partial charge in [0.25, 0.3) is 5.91 Å². The summed E-state index contributed by atoms with van der Waals surface area (Å²) in [5.74, 6) is -0.354. The number of benzene rings is 2. The molecule has 122 valence electrons. The predicted octanol–water partition coefficient (Wildman–Crippen LogP) is 4.41. The fourth-order valence-corrected chi connectivity index (χ4v) is 2.89. The molecule has 0 bridgehead atoms. The minimum absolute atomic E-state index is 0.354. The third-order valence-electron chi connectivity index (χ3n) is 3.91. The van der Waals surface area contributed by atoms with Gasteiger partial charge < -0.3 is 4.74 Å². The topological polar surface area (TPSA) is 46.6 Å². The molecule has 1 saturated heterocycles. The first kappa shape index (κ1) is 16.0. The zero-order chi connectivity index (χ0) is 17.1. The van der Waals surface area contributed by atoms with E-state index in [9.17, 15) is 9.59 Å². The summed E-state index contributed by atoms with van der Waals surface area (Å²) >= 11 is 0. The fourth-order valence-electron chi connectivity index (χ4n) is 2.89. The molecule has 2 aromatic carbocycles. The lowest BCUT2D eigenvalue weighted by Gasteiger charge is -2.23. The van der Waals surface area contributed by atoms with Gasteiger partial charge in [0.2, 0.25) is 0 Å². The van der Waals surface area contributed by atoms with Gasteiger partial charge in [-0.05, 0) is 25.0 Å². The average Bonchev–Trinajstić information content (AvgIpc) is 2.93. The van der Waals surface area contributed by atoms with Crippen LogP contribution in [0.15, 0.2) is 72.3 Å². The van der Waals surface area contributed by atoms with Gasteiger partial charge in [-0.3, -0.25) is 4.79 Å². The highest BCUT2D eigenvalue weighted by molar-refractivity contribution is 6.00. The lowest BCUT2D eigenvalue weighted by atomic mass is 9.95. The number of hydrogen-bond acceptors (Lipinski definition) is 3. The SMILES string of the molecule is CC(C)=CC(=O)N1C(=O)O[C@H](c2ccccc2)[C@@H]1c1ccccc1. The van der Waals surface area contributed by atoms with Crippen LogP contribution in [0.1, 0.15) is 37.1 Å². The second-order valence-corrected chi connectivity index (χ2v) is 6.00. The molecule has 1 heterocycles. The molecular weight excluding hydrogens is 302 g/mol. The molecule has 0 aromatic heterocycles. The van der Waals surface area contributed by atoms with Crippen molar-refractivity contribution in [2.24, 2.45) is 0 Å². The third-order valence-corrected chi connectivity index (χ3v) is 3.91. The monoisotopic (exact) mass is 321 g/mol.